The van der Waals surface area contributed by atoms with Crippen LogP contribution in [0.1, 0.15) is 158 Å². The normalized spacial score (nSPS) is 16.0. The molecule has 0 heterocycles. The summed E-state index contributed by atoms with van der Waals surface area (Å²) in [6, 6.07) is 0. The summed E-state index contributed by atoms with van der Waals surface area (Å²) >= 11 is 0. The molecule has 0 unspecified atom stereocenters. The third kappa shape index (κ3) is 23.6. The molecule has 0 spiro atoms. The number of aliphatic hydroxyl groups excluding tert-OH is 1. The Morgan fingerprint density at radius 2 is 0.861 bits per heavy atom. The van der Waals surface area contributed by atoms with Crippen LogP contribution in [0.25, 0.3) is 0 Å². The van der Waals surface area contributed by atoms with Crippen LogP contribution in [0, 0.1) is 23.7 Å². The Labute approximate surface area is 228 Å². The standard InChI is InChI=1S/C35H66O/c1-29(2)15-9-16-30(3)17-10-18-31(4)19-11-20-32(5)21-12-22-33(6)23-13-24-34(7)25-14-26-35(8)27-28-36/h23,25,27,29-32,36H,9-22,24,26,28H2,1-8H3/b33-23-,34-25-,35-27-/t30-,31-,32-/m0/s1. The lowest BCUT2D eigenvalue weighted by atomic mass is 9.90. The van der Waals surface area contributed by atoms with Gasteiger partial charge in [-0.05, 0) is 83.0 Å². The Morgan fingerprint density at radius 1 is 0.500 bits per heavy atom. The minimum absolute atomic E-state index is 0.162. The van der Waals surface area contributed by atoms with Crippen LogP contribution >= 0.6 is 0 Å². The fourth-order valence-corrected chi connectivity index (χ4v) is 5.22. The lowest BCUT2D eigenvalue weighted by Crippen LogP contribution is -2.01. The lowest BCUT2D eigenvalue weighted by molar-refractivity contribution is 0.341. The molecular weight excluding hydrogens is 436 g/mol. The fourth-order valence-electron chi connectivity index (χ4n) is 5.22. The first-order valence-electron chi connectivity index (χ1n) is 15.7. The maximum atomic E-state index is 8.93. The summed E-state index contributed by atoms with van der Waals surface area (Å²) in [5.41, 5.74) is 4.35. The molecule has 0 amide bonds. The van der Waals surface area contributed by atoms with Crippen LogP contribution in [0.4, 0.5) is 0 Å². The number of allylic oxidation sites excluding steroid dienone is 5. The van der Waals surface area contributed by atoms with E-state index in [2.05, 4.69) is 67.5 Å². The molecule has 0 aromatic rings. The van der Waals surface area contributed by atoms with E-state index >= 15 is 0 Å². The zero-order chi connectivity index (χ0) is 27.2. The van der Waals surface area contributed by atoms with Crippen molar-refractivity contribution in [3.63, 3.8) is 0 Å². The van der Waals surface area contributed by atoms with Gasteiger partial charge in [-0.2, -0.15) is 0 Å². The SMILES string of the molecule is C/C(=C/CO)CC/C=C(/C)CC/C=C(/C)CCC[C@@H](C)CCC[C@@H](C)CCC[C@@H](C)CCCC(C)C. The molecule has 1 nitrogen and oxygen atoms in total. The summed E-state index contributed by atoms with van der Waals surface area (Å²) in [4.78, 5) is 0. The van der Waals surface area contributed by atoms with Gasteiger partial charge < -0.3 is 5.11 Å². The molecule has 0 saturated heterocycles. The van der Waals surface area contributed by atoms with Crippen molar-refractivity contribution in [2.45, 2.75) is 158 Å². The van der Waals surface area contributed by atoms with Crippen LogP contribution in [-0.4, -0.2) is 11.7 Å². The first-order chi connectivity index (χ1) is 17.1. The Hall–Kier alpha value is -0.820. The van der Waals surface area contributed by atoms with Crippen molar-refractivity contribution < 1.29 is 5.11 Å². The predicted octanol–water partition coefficient (Wildman–Crippen LogP) is 11.6. The smallest absolute Gasteiger partial charge is 0.0614 e. The molecular formula is C35H66O. The fraction of sp³-hybridized carbons (Fsp3) is 0.829. The molecule has 0 fully saturated rings. The van der Waals surface area contributed by atoms with Gasteiger partial charge in [0.05, 0.1) is 6.61 Å². The summed E-state index contributed by atoms with van der Waals surface area (Å²) < 4.78 is 0. The first-order valence-corrected chi connectivity index (χ1v) is 15.7. The van der Waals surface area contributed by atoms with Crippen LogP contribution in [0.15, 0.2) is 34.9 Å². The molecule has 0 aliphatic rings. The maximum absolute atomic E-state index is 8.93. The van der Waals surface area contributed by atoms with Crippen LogP contribution in [0.3, 0.4) is 0 Å². The van der Waals surface area contributed by atoms with Crippen molar-refractivity contribution in [3.05, 3.63) is 34.9 Å². The van der Waals surface area contributed by atoms with Gasteiger partial charge in [0.2, 0.25) is 0 Å². The minimum atomic E-state index is 0.162. The van der Waals surface area contributed by atoms with Crippen LogP contribution in [-0.2, 0) is 0 Å². The molecule has 0 aliphatic carbocycles. The number of aliphatic hydroxyl groups is 1. The van der Waals surface area contributed by atoms with Crippen LogP contribution in [0.5, 0.6) is 0 Å². The predicted molar refractivity (Wildman–Crippen MR) is 165 cm³/mol. The molecule has 1 heteroatoms. The maximum Gasteiger partial charge on any atom is 0.0614 e. The molecule has 212 valence electrons. The molecule has 0 saturated carbocycles. The minimum Gasteiger partial charge on any atom is -0.392 e. The summed E-state index contributed by atoms with van der Waals surface area (Å²) in [7, 11) is 0. The highest BCUT2D eigenvalue weighted by molar-refractivity contribution is 5.06. The van der Waals surface area contributed by atoms with Crippen LogP contribution in [0.2, 0.25) is 0 Å². The van der Waals surface area contributed by atoms with E-state index in [0.717, 1.165) is 36.5 Å². The van der Waals surface area contributed by atoms with Gasteiger partial charge in [0.1, 0.15) is 0 Å². The second kappa shape index (κ2) is 23.3. The largest absolute Gasteiger partial charge is 0.392 e. The average Bonchev–Trinajstić information content (AvgIpc) is 2.79. The van der Waals surface area contributed by atoms with Gasteiger partial charge in [0.15, 0.2) is 0 Å². The summed E-state index contributed by atoms with van der Waals surface area (Å²) in [5.74, 6) is 3.57. The zero-order valence-corrected chi connectivity index (χ0v) is 26.0. The topological polar surface area (TPSA) is 20.2 Å². The van der Waals surface area contributed by atoms with Gasteiger partial charge in [-0.25, -0.2) is 0 Å². The first kappa shape index (κ1) is 35.2. The molecule has 3 atom stereocenters. The van der Waals surface area contributed by atoms with E-state index in [-0.39, 0.29) is 6.61 Å². The number of rotatable bonds is 23. The summed E-state index contributed by atoms with van der Waals surface area (Å²) in [6.45, 7) is 18.9. The van der Waals surface area contributed by atoms with Crippen molar-refractivity contribution in [1.82, 2.24) is 0 Å². The molecule has 0 rings (SSSR count). The Kier molecular flexibility index (Phi) is 22.8. The zero-order valence-electron chi connectivity index (χ0n) is 26.0. The van der Waals surface area contributed by atoms with Gasteiger partial charge in [-0.15, -0.1) is 0 Å². The summed E-state index contributed by atoms with van der Waals surface area (Å²) in [6.07, 6.45) is 28.0. The molecule has 0 radical (unpaired) electrons. The third-order valence-corrected chi connectivity index (χ3v) is 8.04. The third-order valence-electron chi connectivity index (χ3n) is 8.04. The Bertz CT molecular complexity index is 594. The Balaban J connectivity index is 3.82. The van der Waals surface area contributed by atoms with Gasteiger partial charge in [-0.3, -0.25) is 0 Å². The molecule has 0 aromatic carbocycles. The second-order valence-electron chi connectivity index (χ2n) is 12.8. The van der Waals surface area contributed by atoms with E-state index in [0.29, 0.717) is 0 Å². The van der Waals surface area contributed by atoms with Crippen molar-refractivity contribution in [2.75, 3.05) is 6.61 Å². The highest BCUT2D eigenvalue weighted by Gasteiger charge is 2.08. The van der Waals surface area contributed by atoms with E-state index in [9.17, 15) is 0 Å². The number of hydrogen-bond donors (Lipinski definition) is 1. The van der Waals surface area contributed by atoms with Gasteiger partial charge in [-0.1, -0.05) is 134 Å². The second-order valence-corrected chi connectivity index (χ2v) is 12.8. The quantitative estimate of drug-likeness (QED) is 0.138. The highest BCUT2D eigenvalue weighted by atomic mass is 16.2. The van der Waals surface area contributed by atoms with Crippen molar-refractivity contribution >= 4 is 0 Å². The van der Waals surface area contributed by atoms with Gasteiger partial charge in [0, 0.05) is 0 Å². The van der Waals surface area contributed by atoms with Gasteiger partial charge in [0.25, 0.3) is 0 Å². The van der Waals surface area contributed by atoms with Crippen molar-refractivity contribution in [1.29, 1.82) is 0 Å². The monoisotopic (exact) mass is 503 g/mol. The summed E-state index contributed by atoms with van der Waals surface area (Å²) in [5, 5.41) is 8.93. The van der Waals surface area contributed by atoms with E-state index < -0.39 is 0 Å². The van der Waals surface area contributed by atoms with E-state index in [4.69, 9.17) is 5.11 Å². The van der Waals surface area contributed by atoms with Gasteiger partial charge >= 0.3 is 0 Å². The Morgan fingerprint density at radius 3 is 1.28 bits per heavy atom. The molecule has 0 aliphatic heterocycles. The molecule has 0 aromatic heterocycles. The van der Waals surface area contributed by atoms with E-state index in [1.54, 1.807) is 5.57 Å². The van der Waals surface area contributed by atoms with Crippen molar-refractivity contribution in [3.8, 4) is 0 Å². The molecule has 36 heavy (non-hydrogen) atoms. The highest BCUT2D eigenvalue weighted by Crippen LogP contribution is 2.24. The van der Waals surface area contributed by atoms with E-state index in [1.165, 1.54) is 101 Å². The molecule has 1 N–H and O–H groups in total. The average molecular weight is 503 g/mol. The van der Waals surface area contributed by atoms with E-state index in [1.807, 2.05) is 6.08 Å². The van der Waals surface area contributed by atoms with Crippen molar-refractivity contribution in [2.24, 2.45) is 23.7 Å². The number of hydrogen-bond acceptors (Lipinski definition) is 1. The molecule has 0 bridgehead atoms. The van der Waals surface area contributed by atoms with Crippen LogP contribution < -0.4 is 0 Å². The lowest BCUT2D eigenvalue weighted by Gasteiger charge is -2.16.